The molecule has 0 bridgehead atoms. The molecule has 1 aromatic carbocycles. The molecule has 0 aliphatic heterocycles. The van der Waals surface area contributed by atoms with Gasteiger partial charge in [0.05, 0.1) is 5.39 Å². The second kappa shape index (κ2) is 4.76. The normalized spacial score (nSPS) is 10.9. The summed E-state index contributed by atoms with van der Waals surface area (Å²) in [7, 11) is 2.00. The van der Waals surface area contributed by atoms with Crippen molar-refractivity contribution >= 4 is 39.0 Å². The van der Waals surface area contributed by atoms with Gasteiger partial charge in [0.25, 0.3) is 0 Å². The van der Waals surface area contributed by atoms with Crippen LogP contribution in [-0.4, -0.2) is 17.0 Å². The molecular formula is C15H16N4S. The summed E-state index contributed by atoms with van der Waals surface area (Å²) in [4.78, 5) is 12.9. The van der Waals surface area contributed by atoms with Gasteiger partial charge in [0.2, 0.25) is 5.95 Å². The molecule has 2 N–H and O–H groups in total. The maximum Gasteiger partial charge on any atom is 0.223 e. The van der Waals surface area contributed by atoms with Gasteiger partial charge in [-0.1, -0.05) is 12.1 Å². The van der Waals surface area contributed by atoms with Crippen LogP contribution in [0.5, 0.6) is 0 Å². The lowest BCUT2D eigenvalue weighted by molar-refractivity contribution is 1.12. The number of nitrogens with zero attached hydrogens (tertiary/aromatic N) is 3. The van der Waals surface area contributed by atoms with Crippen LogP contribution in [0.2, 0.25) is 0 Å². The highest BCUT2D eigenvalue weighted by Crippen LogP contribution is 2.33. The van der Waals surface area contributed by atoms with E-state index in [9.17, 15) is 0 Å². The fourth-order valence-electron chi connectivity index (χ4n) is 2.26. The van der Waals surface area contributed by atoms with Crippen molar-refractivity contribution in [3.8, 4) is 0 Å². The molecule has 0 spiro atoms. The Morgan fingerprint density at radius 1 is 1.15 bits per heavy atom. The van der Waals surface area contributed by atoms with Gasteiger partial charge in [-0.05, 0) is 37.6 Å². The molecule has 5 heteroatoms. The van der Waals surface area contributed by atoms with Gasteiger partial charge in [-0.25, -0.2) is 4.98 Å². The summed E-state index contributed by atoms with van der Waals surface area (Å²) in [5.41, 5.74) is 8.15. The van der Waals surface area contributed by atoms with Gasteiger partial charge in [-0.3, -0.25) is 0 Å². The lowest BCUT2D eigenvalue weighted by Gasteiger charge is -2.19. The average molecular weight is 284 g/mol. The zero-order valence-corrected chi connectivity index (χ0v) is 12.5. The Hall–Kier alpha value is -2.14. The number of nitrogens with two attached hydrogens (primary N) is 1. The Kier molecular flexibility index (Phi) is 3.06. The number of hydrogen-bond donors (Lipinski definition) is 1. The minimum atomic E-state index is 0.314. The van der Waals surface area contributed by atoms with Gasteiger partial charge in [0.15, 0.2) is 0 Å². The van der Waals surface area contributed by atoms with Crippen molar-refractivity contribution in [2.45, 2.75) is 13.8 Å². The standard InChI is InChI=1S/C15H16N4S/c1-9-5-4-6-11(7-9)19(3)13-12-8-10(2)20-14(12)18-15(16)17-13/h4-8H,1-3H3,(H2,16,17,18). The van der Waals surface area contributed by atoms with Crippen LogP contribution >= 0.6 is 11.3 Å². The highest BCUT2D eigenvalue weighted by atomic mass is 32.1. The van der Waals surface area contributed by atoms with E-state index in [2.05, 4.69) is 53.0 Å². The van der Waals surface area contributed by atoms with Crippen LogP contribution in [0.3, 0.4) is 0 Å². The topological polar surface area (TPSA) is 55.0 Å². The molecular weight excluding hydrogens is 268 g/mol. The van der Waals surface area contributed by atoms with Crippen LogP contribution in [0.25, 0.3) is 10.2 Å². The van der Waals surface area contributed by atoms with Gasteiger partial charge in [-0.15, -0.1) is 11.3 Å². The predicted molar refractivity (Wildman–Crippen MR) is 85.8 cm³/mol. The third kappa shape index (κ3) is 2.20. The molecule has 0 aliphatic carbocycles. The molecule has 3 aromatic rings. The molecule has 0 saturated heterocycles. The summed E-state index contributed by atoms with van der Waals surface area (Å²) < 4.78 is 0. The van der Waals surface area contributed by atoms with E-state index in [1.165, 1.54) is 10.4 Å². The molecule has 20 heavy (non-hydrogen) atoms. The van der Waals surface area contributed by atoms with Crippen LogP contribution in [-0.2, 0) is 0 Å². The van der Waals surface area contributed by atoms with Crippen molar-refractivity contribution in [2.75, 3.05) is 17.7 Å². The van der Waals surface area contributed by atoms with Crippen LogP contribution in [0.15, 0.2) is 30.3 Å². The fraction of sp³-hybridized carbons (Fsp3) is 0.200. The lowest BCUT2D eigenvalue weighted by atomic mass is 10.2. The molecule has 0 aliphatic rings. The van der Waals surface area contributed by atoms with Gasteiger partial charge in [-0.2, -0.15) is 4.98 Å². The first kappa shape index (κ1) is 12.9. The van der Waals surface area contributed by atoms with E-state index in [0.29, 0.717) is 5.95 Å². The first-order chi connectivity index (χ1) is 9.54. The summed E-state index contributed by atoms with van der Waals surface area (Å²) in [6.07, 6.45) is 0. The molecule has 0 unspecified atom stereocenters. The SMILES string of the molecule is Cc1cccc(N(C)c2nc(N)nc3sc(C)cc23)c1. The largest absolute Gasteiger partial charge is 0.368 e. The van der Waals surface area contributed by atoms with Crippen LogP contribution in [0.1, 0.15) is 10.4 Å². The molecule has 0 saturated carbocycles. The number of nitrogen functional groups attached to an aromatic ring is 1. The minimum absolute atomic E-state index is 0.314. The average Bonchev–Trinajstić information content (AvgIpc) is 2.77. The zero-order valence-electron chi connectivity index (χ0n) is 11.7. The summed E-state index contributed by atoms with van der Waals surface area (Å²) in [6.45, 7) is 4.15. The van der Waals surface area contributed by atoms with Crippen molar-refractivity contribution in [3.05, 3.63) is 40.8 Å². The predicted octanol–water partition coefficient (Wildman–Crippen LogP) is 3.66. The molecule has 0 fully saturated rings. The van der Waals surface area contributed by atoms with Crippen molar-refractivity contribution in [3.63, 3.8) is 0 Å². The molecule has 4 nitrogen and oxygen atoms in total. The number of rotatable bonds is 2. The third-order valence-corrected chi connectivity index (χ3v) is 4.16. The highest BCUT2D eigenvalue weighted by Gasteiger charge is 2.14. The smallest absolute Gasteiger partial charge is 0.223 e. The van der Waals surface area contributed by atoms with E-state index in [0.717, 1.165) is 21.7 Å². The van der Waals surface area contributed by atoms with Crippen LogP contribution in [0.4, 0.5) is 17.5 Å². The van der Waals surface area contributed by atoms with E-state index in [1.54, 1.807) is 11.3 Å². The lowest BCUT2D eigenvalue weighted by Crippen LogP contribution is -2.13. The molecule has 0 radical (unpaired) electrons. The number of aromatic nitrogens is 2. The maximum atomic E-state index is 5.84. The molecule has 2 aromatic heterocycles. The summed E-state index contributed by atoms with van der Waals surface area (Å²) >= 11 is 1.64. The minimum Gasteiger partial charge on any atom is -0.368 e. The Bertz CT molecular complexity index is 779. The zero-order chi connectivity index (χ0) is 14.3. The number of fused-ring (bicyclic) bond motifs is 1. The Morgan fingerprint density at radius 3 is 2.70 bits per heavy atom. The monoisotopic (exact) mass is 284 g/mol. The Balaban J connectivity index is 2.18. The Labute approximate surface area is 121 Å². The Morgan fingerprint density at radius 2 is 1.95 bits per heavy atom. The number of anilines is 3. The van der Waals surface area contributed by atoms with E-state index >= 15 is 0 Å². The summed E-state index contributed by atoms with van der Waals surface area (Å²) in [5.74, 6) is 1.16. The highest BCUT2D eigenvalue weighted by molar-refractivity contribution is 7.18. The molecule has 102 valence electrons. The molecule has 2 heterocycles. The van der Waals surface area contributed by atoms with Crippen molar-refractivity contribution in [1.82, 2.24) is 9.97 Å². The summed E-state index contributed by atoms with van der Waals surface area (Å²) in [5, 5.41) is 1.05. The van der Waals surface area contributed by atoms with Crippen LogP contribution < -0.4 is 10.6 Å². The third-order valence-electron chi connectivity index (χ3n) is 3.22. The number of aryl methyl sites for hydroxylation is 2. The van der Waals surface area contributed by atoms with Gasteiger partial charge in [0.1, 0.15) is 10.6 Å². The van der Waals surface area contributed by atoms with Crippen LogP contribution in [0, 0.1) is 13.8 Å². The first-order valence-corrected chi connectivity index (χ1v) is 7.20. The fourth-order valence-corrected chi connectivity index (χ4v) is 3.14. The van der Waals surface area contributed by atoms with E-state index in [4.69, 9.17) is 5.73 Å². The van der Waals surface area contributed by atoms with E-state index in [1.807, 2.05) is 13.1 Å². The number of benzene rings is 1. The summed E-state index contributed by atoms with van der Waals surface area (Å²) in [6, 6.07) is 10.4. The van der Waals surface area contributed by atoms with Gasteiger partial charge in [0, 0.05) is 17.6 Å². The maximum absolute atomic E-state index is 5.84. The first-order valence-electron chi connectivity index (χ1n) is 6.38. The van der Waals surface area contributed by atoms with Gasteiger partial charge < -0.3 is 10.6 Å². The molecule has 0 amide bonds. The number of hydrogen-bond acceptors (Lipinski definition) is 5. The number of thiophene rings is 1. The molecule has 0 atom stereocenters. The van der Waals surface area contributed by atoms with Gasteiger partial charge >= 0.3 is 0 Å². The van der Waals surface area contributed by atoms with E-state index < -0.39 is 0 Å². The molecule has 3 rings (SSSR count). The second-order valence-corrected chi connectivity index (χ2v) is 6.11. The van der Waals surface area contributed by atoms with E-state index in [-0.39, 0.29) is 0 Å². The second-order valence-electron chi connectivity index (χ2n) is 4.88. The van der Waals surface area contributed by atoms with Crippen molar-refractivity contribution < 1.29 is 0 Å². The van der Waals surface area contributed by atoms with Crippen molar-refractivity contribution in [2.24, 2.45) is 0 Å². The quantitative estimate of drug-likeness (QED) is 0.780. The van der Waals surface area contributed by atoms with Crippen molar-refractivity contribution in [1.29, 1.82) is 0 Å².